The van der Waals surface area contributed by atoms with Gasteiger partial charge in [-0.3, -0.25) is 14.8 Å². The second-order valence-corrected chi connectivity index (χ2v) is 3.31. The molecule has 1 N–H and O–H groups in total. The monoisotopic (exact) mass is 192 g/mol. The number of aromatic hydroxyl groups is 1. The number of amides is 1. The molecule has 0 saturated carbocycles. The maximum Gasteiger partial charge on any atom is 0.242 e. The van der Waals surface area contributed by atoms with Crippen LogP contribution in [0.15, 0.2) is 24.3 Å². The Kier molecular flexibility index (Phi) is 2.04. The van der Waals surface area contributed by atoms with E-state index in [0.29, 0.717) is 13.0 Å². The van der Waals surface area contributed by atoms with Crippen LogP contribution in [-0.4, -0.2) is 29.6 Å². The molecule has 0 aliphatic carbocycles. The lowest BCUT2D eigenvalue weighted by Gasteiger charge is -2.25. The second kappa shape index (κ2) is 3.21. The molecule has 0 atom stereocenters. The molecule has 0 unspecified atom stereocenters. The van der Waals surface area contributed by atoms with Gasteiger partial charge in [0.1, 0.15) is 5.75 Å². The Morgan fingerprint density at radius 3 is 2.79 bits per heavy atom. The van der Waals surface area contributed by atoms with E-state index < -0.39 is 0 Å². The molecular formula is C10H12N2O2. The molecular weight excluding hydrogens is 180 g/mol. The predicted molar refractivity (Wildman–Crippen MR) is 52.8 cm³/mol. The van der Waals surface area contributed by atoms with E-state index in [1.54, 1.807) is 30.3 Å². The third-order valence-electron chi connectivity index (χ3n) is 2.39. The van der Waals surface area contributed by atoms with Gasteiger partial charge in [-0.25, -0.2) is 0 Å². The minimum Gasteiger partial charge on any atom is -0.508 e. The van der Waals surface area contributed by atoms with Crippen molar-refractivity contribution in [2.75, 3.05) is 18.6 Å². The molecule has 14 heavy (non-hydrogen) atoms. The number of nitrogens with zero attached hydrogens (tertiary/aromatic N) is 2. The number of hydrogen-bond acceptors (Lipinski definition) is 3. The fraction of sp³-hybridized carbons (Fsp3) is 0.300. The predicted octanol–water partition coefficient (Wildman–Crippen LogP) is 0.976. The zero-order chi connectivity index (χ0) is 10.1. The van der Waals surface area contributed by atoms with Gasteiger partial charge in [-0.15, -0.1) is 0 Å². The summed E-state index contributed by atoms with van der Waals surface area (Å²) >= 11 is 0. The van der Waals surface area contributed by atoms with E-state index in [9.17, 15) is 9.90 Å². The fourth-order valence-corrected chi connectivity index (χ4v) is 1.60. The van der Waals surface area contributed by atoms with Crippen LogP contribution in [0.2, 0.25) is 0 Å². The number of rotatable bonds is 1. The van der Waals surface area contributed by atoms with Crippen LogP contribution < -0.4 is 5.01 Å². The summed E-state index contributed by atoms with van der Waals surface area (Å²) in [6, 6.07) is 6.90. The van der Waals surface area contributed by atoms with Crippen molar-refractivity contribution < 1.29 is 9.90 Å². The third-order valence-corrected chi connectivity index (χ3v) is 2.39. The normalized spacial score (nSPS) is 16.5. The number of phenols is 1. The van der Waals surface area contributed by atoms with Crippen molar-refractivity contribution in [1.29, 1.82) is 0 Å². The van der Waals surface area contributed by atoms with Gasteiger partial charge in [-0.05, 0) is 12.1 Å². The van der Waals surface area contributed by atoms with Crippen molar-refractivity contribution in [2.45, 2.75) is 6.42 Å². The highest BCUT2D eigenvalue weighted by Crippen LogP contribution is 2.24. The molecule has 1 heterocycles. The molecule has 1 fully saturated rings. The SMILES string of the molecule is CN1C(=O)CCN1c1cccc(O)c1. The van der Waals surface area contributed by atoms with Crippen molar-refractivity contribution in [1.82, 2.24) is 5.01 Å². The number of carbonyl (C=O) groups excluding carboxylic acids is 1. The Morgan fingerprint density at radius 2 is 2.21 bits per heavy atom. The van der Waals surface area contributed by atoms with Crippen LogP contribution in [0.25, 0.3) is 0 Å². The minimum atomic E-state index is 0.105. The van der Waals surface area contributed by atoms with Crippen LogP contribution in [0.1, 0.15) is 6.42 Å². The molecule has 2 rings (SSSR count). The molecule has 4 nitrogen and oxygen atoms in total. The first-order valence-electron chi connectivity index (χ1n) is 4.51. The molecule has 1 aliphatic rings. The summed E-state index contributed by atoms with van der Waals surface area (Å²) in [5.74, 6) is 0.323. The number of hydrogen-bond donors (Lipinski definition) is 1. The van der Waals surface area contributed by atoms with E-state index in [0.717, 1.165) is 5.69 Å². The van der Waals surface area contributed by atoms with Gasteiger partial charge in [0.25, 0.3) is 0 Å². The Hall–Kier alpha value is -1.71. The number of carbonyl (C=O) groups is 1. The Bertz CT molecular complexity index is 365. The topological polar surface area (TPSA) is 43.8 Å². The highest BCUT2D eigenvalue weighted by Gasteiger charge is 2.25. The third kappa shape index (κ3) is 1.39. The smallest absolute Gasteiger partial charge is 0.242 e. The van der Waals surface area contributed by atoms with Crippen LogP contribution in [0.3, 0.4) is 0 Å². The first-order valence-corrected chi connectivity index (χ1v) is 4.51. The molecule has 1 amide bonds. The zero-order valence-corrected chi connectivity index (χ0v) is 7.97. The molecule has 4 heteroatoms. The van der Waals surface area contributed by atoms with Crippen molar-refractivity contribution in [2.24, 2.45) is 0 Å². The van der Waals surface area contributed by atoms with Crippen molar-refractivity contribution in [3.05, 3.63) is 24.3 Å². The molecule has 0 aromatic heterocycles. The maximum absolute atomic E-state index is 11.3. The number of hydrazine groups is 1. The van der Waals surface area contributed by atoms with E-state index >= 15 is 0 Å². The minimum absolute atomic E-state index is 0.105. The average Bonchev–Trinajstić information content (AvgIpc) is 2.48. The highest BCUT2D eigenvalue weighted by molar-refractivity contribution is 5.81. The summed E-state index contributed by atoms with van der Waals surface area (Å²) in [6.45, 7) is 0.679. The van der Waals surface area contributed by atoms with Crippen LogP contribution in [-0.2, 0) is 4.79 Å². The maximum atomic E-state index is 11.3. The molecule has 74 valence electrons. The summed E-state index contributed by atoms with van der Waals surface area (Å²) in [4.78, 5) is 11.3. The zero-order valence-electron chi connectivity index (χ0n) is 7.97. The van der Waals surface area contributed by atoms with E-state index in [4.69, 9.17) is 0 Å². The Balaban J connectivity index is 2.28. The van der Waals surface area contributed by atoms with E-state index in [2.05, 4.69) is 0 Å². The first kappa shape index (κ1) is 8.87. The van der Waals surface area contributed by atoms with Gasteiger partial charge >= 0.3 is 0 Å². The molecule has 0 spiro atoms. The summed E-state index contributed by atoms with van der Waals surface area (Å²) < 4.78 is 0. The standard InChI is InChI=1S/C10H12N2O2/c1-11-10(14)5-6-12(11)8-3-2-4-9(13)7-8/h2-4,7,13H,5-6H2,1H3. The van der Waals surface area contributed by atoms with E-state index in [1.807, 2.05) is 11.1 Å². The molecule has 1 aromatic rings. The van der Waals surface area contributed by atoms with Gasteiger partial charge in [0.05, 0.1) is 5.69 Å². The van der Waals surface area contributed by atoms with Gasteiger partial charge in [-0.2, -0.15) is 0 Å². The van der Waals surface area contributed by atoms with Crippen molar-refractivity contribution >= 4 is 11.6 Å². The van der Waals surface area contributed by atoms with Crippen molar-refractivity contribution in [3.8, 4) is 5.75 Å². The number of anilines is 1. The lowest BCUT2D eigenvalue weighted by molar-refractivity contribution is -0.126. The average molecular weight is 192 g/mol. The fourth-order valence-electron chi connectivity index (χ4n) is 1.60. The summed E-state index contributed by atoms with van der Waals surface area (Å²) in [5, 5.41) is 12.7. The molecule has 1 saturated heterocycles. The van der Waals surface area contributed by atoms with Crippen molar-refractivity contribution in [3.63, 3.8) is 0 Å². The van der Waals surface area contributed by atoms with Crippen LogP contribution in [0.5, 0.6) is 5.75 Å². The summed E-state index contributed by atoms with van der Waals surface area (Å²) in [6.07, 6.45) is 0.534. The van der Waals surface area contributed by atoms with Gasteiger partial charge in [0.15, 0.2) is 0 Å². The summed E-state index contributed by atoms with van der Waals surface area (Å²) in [7, 11) is 1.74. The van der Waals surface area contributed by atoms with Gasteiger partial charge < -0.3 is 5.11 Å². The van der Waals surface area contributed by atoms with E-state index in [-0.39, 0.29) is 11.7 Å². The van der Waals surface area contributed by atoms with E-state index in [1.165, 1.54) is 0 Å². The first-order chi connectivity index (χ1) is 6.68. The second-order valence-electron chi connectivity index (χ2n) is 3.31. The Labute approximate surface area is 82.3 Å². The molecule has 0 radical (unpaired) electrons. The lowest BCUT2D eigenvalue weighted by atomic mass is 10.3. The number of phenolic OH excluding ortho intramolecular Hbond substituents is 1. The molecule has 1 aromatic carbocycles. The summed E-state index contributed by atoms with van der Waals surface area (Å²) in [5.41, 5.74) is 0.846. The van der Waals surface area contributed by atoms with Crippen LogP contribution >= 0.6 is 0 Å². The van der Waals surface area contributed by atoms with Crippen LogP contribution in [0, 0.1) is 0 Å². The molecule has 0 bridgehead atoms. The highest BCUT2D eigenvalue weighted by atomic mass is 16.3. The quantitative estimate of drug-likeness (QED) is 0.721. The number of benzene rings is 1. The van der Waals surface area contributed by atoms with Gasteiger partial charge in [0.2, 0.25) is 5.91 Å². The lowest BCUT2D eigenvalue weighted by Crippen LogP contribution is -2.35. The van der Waals surface area contributed by atoms with Gasteiger partial charge in [0, 0.05) is 26.1 Å². The van der Waals surface area contributed by atoms with Crippen LogP contribution in [0.4, 0.5) is 5.69 Å². The Morgan fingerprint density at radius 1 is 1.43 bits per heavy atom. The van der Waals surface area contributed by atoms with Gasteiger partial charge in [-0.1, -0.05) is 6.07 Å². The molecule has 1 aliphatic heterocycles. The largest absolute Gasteiger partial charge is 0.508 e.